The Bertz CT molecular complexity index is 531. The van der Waals surface area contributed by atoms with Crippen molar-refractivity contribution in [2.45, 2.75) is 12.3 Å². The molecule has 0 aliphatic carbocycles. The molecule has 0 aliphatic rings. The minimum atomic E-state index is -0.764. The number of hydrogen-bond acceptors (Lipinski definition) is 0. The van der Waals surface area contributed by atoms with Crippen LogP contribution in [0.4, 0.5) is 8.78 Å². The zero-order valence-corrected chi connectivity index (χ0v) is 11.1. The molecule has 0 saturated heterocycles. The minimum Gasteiger partial charge on any atom is -0.207 e. The van der Waals surface area contributed by atoms with E-state index >= 15 is 0 Å². The molecule has 0 spiro atoms. The first-order valence-electron chi connectivity index (χ1n) is 5.34. The second-order valence-electron chi connectivity index (χ2n) is 4.03. The third-order valence-electron chi connectivity index (χ3n) is 2.75. The lowest BCUT2D eigenvalue weighted by atomic mass is 9.99. The zero-order chi connectivity index (χ0) is 13.3. The highest BCUT2D eigenvalue weighted by molar-refractivity contribution is 6.31. The van der Waals surface area contributed by atoms with Crippen molar-refractivity contribution < 1.29 is 8.78 Å². The number of aryl methyl sites for hydroxylation is 1. The number of alkyl halides is 1. The summed E-state index contributed by atoms with van der Waals surface area (Å²) in [5, 5.41) is -0.252. The molecule has 0 radical (unpaired) electrons. The molecule has 0 bridgehead atoms. The van der Waals surface area contributed by atoms with Gasteiger partial charge in [0.2, 0.25) is 0 Å². The normalized spacial score (nSPS) is 12.5. The van der Waals surface area contributed by atoms with Gasteiger partial charge >= 0.3 is 0 Å². The second kappa shape index (κ2) is 5.25. The van der Waals surface area contributed by atoms with Crippen LogP contribution in [0.5, 0.6) is 0 Å². The van der Waals surface area contributed by atoms with Gasteiger partial charge in [-0.2, -0.15) is 0 Å². The molecule has 2 rings (SSSR count). The second-order valence-corrected chi connectivity index (χ2v) is 4.90. The van der Waals surface area contributed by atoms with E-state index in [1.165, 1.54) is 0 Å². The van der Waals surface area contributed by atoms with Crippen molar-refractivity contribution in [2.75, 3.05) is 0 Å². The van der Waals surface area contributed by atoms with Crippen LogP contribution in [0.2, 0.25) is 5.02 Å². The van der Waals surface area contributed by atoms with E-state index < -0.39 is 17.0 Å². The fourth-order valence-corrected chi connectivity index (χ4v) is 2.34. The van der Waals surface area contributed by atoms with E-state index in [-0.39, 0.29) is 5.56 Å². The molecule has 1 atom stereocenters. The third-order valence-corrected chi connectivity index (χ3v) is 3.45. The Balaban J connectivity index is 2.50. The quantitative estimate of drug-likeness (QED) is 0.661. The van der Waals surface area contributed by atoms with Crippen molar-refractivity contribution in [1.82, 2.24) is 0 Å². The highest BCUT2D eigenvalue weighted by Gasteiger charge is 2.18. The van der Waals surface area contributed by atoms with E-state index in [4.69, 9.17) is 23.2 Å². The molecule has 1 unspecified atom stereocenters. The summed E-state index contributed by atoms with van der Waals surface area (Å²) in [6.07, 6.45) is 0. The van der Waals surface area contributed by atoms with Gasteiger partial charge in [-0.05, 0) is 48.4 Å². The van der Waals surface area contributed by atoms with Gasteiger partial charge < -0.3 is 0 Å². The predicted octanol–water partition coefficient (Wildman–Crippen LogP) is 5.25. The topological polar surface area (TPSA) is 0 Å². The molecule has 0 fully saturated rings. The number of rotatable bonds is 2. The van der Waals surface area contributed by atoms with Gasteiger partial charge in [-0.1, -0.05) is 17.7 Å². The average Bonchev–Trinajstić information content (AvgIpc) is 2.34. The maximum atomic E-state index is 13.7. The van der Waals surface area contributed by atoms with Gasteiger partial charge in [0.15, 0.2) is 0 Å². The SMILES string of the molecule is Cc1ccc(Cl)cc1C(Cl)c1cc(F)ccc1F. The van der Waals surface area contributed by atoms with Crippen molar-refractivity contribution in [3.63, 3.8) is 0 Å². The smallest absolute Gasteiger partial charge is 0.128 e. The van der Waals surface area contributed by atoms with E-state index in [2.05, 4.69) is 0 Å². The maximum Gasteiger partial charge on any atom is 0.128 e. The standard InChI is InChI=1S/C14H10Cl2F2/c1-8-2-3-9(15)6-11(8)14(16)12-7-10(17)4-5-13(12)18/h2-7,14H,1H3. The van der Waals surface area contributed by atoms with E-state index in [9.17, 15) is 8.78 Å². The average molecular weight is 287 g/mol. The lowest BCUT2D eigenvalue weighted by Crippen LogP contribution is -2.00. The van der Waals surface area contributed by atoms with Crippen LogP contribution in [-0.4, -0.2) is 0 Å². The van der Waals surface area contributed by atoms with Gasteiger partial charge in [-0.25, -0.2) is 8.78 Å². The van der Waals surface area contributed by atoms with Crippen LogP contribution >= 0.6 is 23.2 Å². The van der Waals surface area contributed by atoms with Crippen LogP contribution in [0, 0.1) is 18.6 Å². The van der Waals surface area contributed by atoms with Gasteiger partial charge in [0.25, 0.3) is 0 Å². The molecule has 18 heavy (non-hydrogen) atoms. The summed E-state index contributed by atoms with van der Waals surface area (Å²) in [7, 11) is 0. The lowest BCUT2D eigenvalue weighted by molar-refractivity contribution is 0.587. The Morgan fingerprint density at radius 1 is 1.00 bits per heavy atom. The van der Waals surface area contributed by atoms with Gasteiger partial charge in [-0.3, -0.25) is 0 Å². The third kappa shape index (κ3) is 2.65. The van der Waals surface area contributed by atoms with E-state index in [1.807, 2.05) is 6.92 Å². The Morgan fingerprint density at radius 2 is 1.72 bits per heavy atom. The molecule has 0 aliphatic heterocycles. The van der Waals surface area contributed by atoms with Crippen molar-refractivity contribution in [2.24, 2.45) is 0 Å². The number of benzene rings is 2. The summed E-state index contributed by atoms with van der Waals surface area (Å²) < 4.78 is 26.8. The number of halogens is 4. The molecule has 0 saturated carbocycles. The molecule has 0 heterocycles. The van der Waals surface area contributed by atoms with Gasteiger partial charge in [0, 0.05) is 10.6 Å². The summed E-state index contributed by atoms with van der Waals surface area (Å²) in [6, 6.07) is 8.43. The maximum absolute atomic E-state index is 13.7. The summed E-state index contributed by atoms with van der Waals surface area (Å²) >= 11 is 12.1. The first kappa shape index (κ1) is 13.3. The summed E-state index contributed by atoms with van der Waals surface area (Å²) in [6.45, 7) is 1.85. The molecule has 94 valence electrons. The fourth-order valence-electron chi connectivity index (χ4n) is 1.76. The molecule has 0 aromatic heterocycles. The first-order valence-corrected chi connectivity index (χ1v) is 6.15. The highest BCUT2D eigenvalue weighted by atomic mass is 35.5. The highest BCUT2D eigenvalue weighted by Crippen LogP contribution is 2.34. The Morgan fingerprint density at radius 3 is 2.44 bits per heavy atom. The summed E-state index contributed by atoms with van der Waals surface area (Å²) in [5.74, 6) is -1.05. The summed E-state index contributed by atoms with van der Waals surface area (Å²) in [4.78, 5) is 0. The predicted molar refractivity (Wildman–Crippen MR) is 70.2 cm³/mol. The molecule has 0 nitrogen and oxygen atoms in total. The van der Waals surface area contributed by atoms with Crippen molar-refractivity contribution >= 4 is 23.2 Å². The van der Waals surface area contributed by atoms with Crippen molar-refractivity contribution in [3.05, 3.63) is 69.7 Å². The molecule has 2 aromatic rings. The fraction of sp³-hybridized carbons (Fsp3) is 0.143. The van der Waals surface area contributed by atoms with E-state index in [1.54, 1.807) is 18.2 Å². The van der Waals surface area contributed by atoms with E-state index in [0.717, 1.165) is 23.8 Å². The Hall–Kier alpha value is -1.12. The summed E-state index contributed by atoms with van der Waals surface area (Å²) in [5.41, 5.74) is 1.67. The van der Waals surface area contributed by atoms with Crippen LogP contribution in [-0.2, 0) is 0 Å². The Kier molecular flexibility index (Phi) is 3.88. The van der Waals surface area contributed by atoms with Gasteiger partial charge in [0.1, 0.15) is 11.6 Å². The molecule has 2 aromatic carbocycles. The molecule has 4 heteroatoms. The van der Waals surface area contributed by atoms with Gasteiger partial charge in [-0.15, -0.1) is 11.6 Å². The minimum absolute atomic E-state index is 0.113. The van der Waals surface area contributed by atoms with E-state index in [0.29, 0.717) is 10.6 Å². The molecular formula is C14H10Cl2F2. The lowest BCUT2D eigenvalue weighted by Gasteiger charge is -2.14. The van der Waals surface area contributed by atoms with Crippen LogP contribution in [0.3, 0.4) is 0 Å². The Labute approximate surface area is 114 Å². The van der Waals surface area contributed by atoms with Gasteiger partial charge in [0.05, 0.1) is 5.38 Å². The van der Waals surface area contributed by atoms with Crippen molar-refractivity contribution in [3.8, 4) is 0 Å². The monoisotopic (exact) mass is 286 g/mol. The molecular weight excluding hydrogens is 277 g/mol. The van der Waals surface area contributed by atoms with Crippen LogP contribution in [0.15, 0.2) is 36.4 Å². The van der Waals surface area contributed by atoms with Crippen LogP contribution < -0.4 is 0 Å². The molecule has 0 amide bonds. The van der Waals surface area contributed by atoms with Crippen LogP contribution in [0.25, 0.3) is 0 Å². The number of hydrogen-bond donors (Lipinski definition) is 0. The van der Waals surface area contributed by atoms with Crippen LogP contribution in [0.1, 0.15) is 22.1 Å². The first-order chi connectivity index (χ1) is 8.49. The molecule has 0 N–H and O–H groups in total. The zero-order valence-electron chi connectivity index (χ0n) is 9.55. The van der Waals surface area contributed by atoms with Crippen molar-refractivity contribution in [1.29, 1.82) is 0 Å². The largest absolute Gasteiger partial charge is 0.207 e.